The Kier molecular flexibility index (Phi) is 12.5. The lowest BCUT2D eigenvalue weighted by Crippen LogP contribution is -1.73. The zero-order chi connectivity index (χ0) is 11.2. The average Bonchev–Trinajstić information content (AvgIpc) is 2.26. The third kappa shape index (κ3) is 13.2. The van der Waals surface area contributed by atoms with Gasteiger partial charge in [0.2, 0.25) is 0 Å². The number of hydrogen-bond acceptors (Lipinski definition) is 0. The van der Waals surface area contributed by atoms with Gasteiger partial charge in [-0.15, -0.1) is 0 Å². The van der Waals surface area contributed by atoms with Gasteiger partial charge in [-0.05, 0) is 32.1 Å². The smallest absolute Gasteiger partial charge is 0.0169 e. The molecule has 0 nitrogen and oxygen atoms in total. The summed E-state index contributed by atoms with van der Waals surface area (Å²) in [6.07, 6.45) is 20.5. The summed E-state index contributed by atoms with van der Waals surface area (Å²) in [5.41, 5.74) is 0. The third-order valence-corrected chi connectivity index (χ3v) is 2.33. The average molecular weight is 205 g/mol. The van der Waals surface area contributed by atoms with Gasteiger partial charge in [-0.2, -0.15) is 0 Å². The predicted molar refractivity (Wildman–Crippen MR) is 69.8 cm³/mol. The number of allylic oxidation sites excluding steroid dienone is 5. The van der Waals surface area contributed by atoms with Crippen LogP contribution in [-0.4, -0.2) is 0 Å². The maximum atomic E-state index is 5.28. The van der Waals surface area contributed by atoms with Crippen molar-refractivity contribution in [2.45, 2.75) is 58.3 Å². The summed E-state index contributed by atoms with van der Waals surface area (Å²) in [6, 6.07) is 0. The normalized spacial score (nSPS) is 11.5. The molecule has 0 aliphatic rings. The van der Waals surface area contributed by atoms with Gasteiger partial charge in [0.15, 0.2) is 0 Å². The predicted octanol–water partition coefficient (Wildman–Crippen LogP) is 5.23. The molecule has 0 atom stereocenters. The number of unbranched alkanes of at least 4 members (excludes halogenated alkanes) is 5. The van der Waals surface area contributed by atoms with E-state index in [0.29, 0.717) is 0 Å². The summed E-state index contributed by atoms with van der Waals surface area (Å²) in [7, 11) is 0. The number of rotatable bonds is 10. The van der Waals surface area contributed by atoms with Crippen LogP contribution in [0.15, 0.2) is 30.4 Å². The van der Waals surface area contributed by atoms with E-state index in [1.54, 1.807) is 6.08 Å². The highest BCUT2D eigenvalue weighted by atomic mass is 13.9. The van der Waals surface area contributed by atoms with Crippen molar-refractivity contribution in [1.29, 1.82) is 0 Å². The lowest BCUT2D eigenvalue weighted by atomic mass is 10.1. The molecular formula is C15H25. The fourth-order valence-electron chi connectivity index (χ4n) is 1.39. The van der Waals surface area contributed by atoms with E-state index < -0.39 is 0 Å². The van der Waals surface area contributed by atoms with Crippen LogP contribution in [0.3, 0.4) is 0 Å². The van der Waals surface area contributed by atoms with E-state index in [9.17, 15) is 0 Å². The molecule has 0 bridgehead atoms. The zero-order valence-corrected chi connectivity index (χ0v) is 10.1. The van der Waals surface area contributed by atoms with Crippen LogP contribution in [0.1, 0.15) is 58.3 Å². The lowest BCUT2D eigenvalue weighted by Gasteiger charge is -1.93. The van der Waals surface area contributed by atoms with Crippen LogP contribution in [0.2, 0.25) is 0 Å². The molecule has 0 aliphatic heterocycles. The Morgan fingerprint density at radius 1 is 0.800 bits per heavy atom. The van der Waals surface area contributed by atoms with E-state index in [2.05, 4.69) is 31.2 Å². The quantitative estimate of drug-likeness (QED) is 0.338. The highest BCUT2D eigenvalue weighted by molar-refractivity contribution is 4.93. The SMILES string of the molecule is [CH]=CCCC=CCC=CCCCCCC. The van der Waals surface area contributed by atoms with Gasteiger partial charge in [-0.3, -0.25) is 0 Å². The molecule has 0 N–H and O–H groups in total. The first kappa shape index (κ1) is 14.2. The van der Waals surface area contributed by atoms with Crippen LogP contribution < -0.4 is 0 Å². The largest absolute Gasteiger partial charge is 0.0882 e. The van der Waals surface area contributed by atoms with Gasteiger partial charge >= 0.3 is 0 Å². The van der Waals surface area contributed by atoms with Gasteiger partial charge in [-0.1, -0.05) is 63.1 Å². The van der Waals surface area contributed by atoms with Crippen LogP contribution in [0.25, 0.3) is 0 Å². The van der Waals surface area contributed by atoms with Gasteiger partial charge < -0.3 is 0 Å². The second-order valence-corrected chi connectivity index (χ2v) is 3.84. The Morgan fingerprint density at radius 2 is 1.53 bits per heavy atom. The zero-order valence-electron chi connectivity index (χ0n) is 10.1. The maximum absolute atomic E-state index is 5.28. The molecular weight excluding hydrogens is 180 g/mol. The molecule has 0 aromatic heterocycles. The van der Waals surface area contributed by atoms with Crippen LogP contribution in [0.5, 0.6) is 0 Å². The van der Waals surface area contributed by atoms with E-state index in [4.69, 9.17) is 6.58 Å². The molecule has 0 aromatic carbocycles. The Morgan fingerprint density at radius 3 is 2.20 bits per heavy atom. The van der Waals surface area contributed by atoms with Gasteiger partial charge in [-0.25, -0.2) is 0 Å². The summed E-state index contributed by atoms with van der Waals surface area (Å²) in [5.74, 6) is 0. The second kappa shape index (κ2) is 13.2. The molecule has 0 aromatic rings. The van der Waals surface area contributed by atoms with E-state index in [1.807, 2.05) is 0 Å². The maximum Gasteiger partial charge on any atom is -0.0169 e. The second-order valence-electron chi connectivity index (χ2n) is 3.84. The Hall–Kier alpha value is -0.780. The molecule has 0 saturated carbocycles. The van der Waals surface area contributed by atoms with E-state index in [0.717, 1.165) is 19.3 Å². The van der Waals surface area contributed by atoms with Crippen LogP contribution in [0.4, 0.5) is 0 Å². The molecule has 1 radical (unpaired) electrons. The molecule has 85 valence electrons. The number of hydrogen-bond donors (Lipinski definition) is 0. The van der Waals surface area contributed by atoms with Gasteiger partial charge in [0, 0.05) is 0 Å². The minimum atomic E-state index is 0.983. The van der Waals surface area contributed by atoms with Crippen molar-refractivity contribution in [1.82, 2.24) is 0 Å². The first-order chi connectivity index (χ1) is 7.41. The highest BCUT2D eigenvalue weighted by Crippen LogP contribution is 2.03. The minimum Gasteiger partial charge on any atom is -0.0882 e. The van der Waals surface area contributed by atoms with Crippen molar-refractivity contribution in [3.8, 4) is 0 Å². The van der Waals surface area contributed by atoms with Gasteiger partial charge in [0.1, 0.15) is 0 Å². The Labute approximate surface area is 95.8 Å². The summed E-state index contributed by atoms with van der Waals surface area (Å²) in [5, 5.41) is 0. The summed E-state index contributed by atoms with van der Waals surface area (Å²) in [4.78, 5) is 0. The highest BCUT2D eigenvalue weighted by Gasteiger charge is 1.83. The van der Waals surface area contributed by atoms with Gasteiger partial charge in [0.25, 0.3) is 0 Å². The minimum absolute atomic E-state index is 0.983. The van der Waals surface area contributed by atoms with E-state index >= 15 is 0 Å². The Balaban J connectivity index is 3.16. The monoisotopic (exact) mass is 205 g/mol. The van der Waals surface area contributed by atoms with Crippen LogP contribution in [-0.2, 0) is 0 Å². The fourth-order valence-corrected chi connectivity index (χ4v) is 1.39. The molecule has 0 heterocycles. The van der Waals surface area contributed by atoms with Crippen molar-refractivity contribution >= 4 is 0 Å². The molecule has 0 unspecified atom stereocenters. The summed E-state index contributed by atoms with van der Waals surface area (Å²) in [6.45, 7) is 7.53. The van der Waals surface area contributed by atoms with Crippen LogP contribution >= 0.6 is 0 Å². The summed E-state index contributed by atoms with van der Waals surface area (Å²) < 4.78 is 0. The van der Waals surface area contributed by atoms with E-state index in [-0.39, 0.29) is 0 Å². The molecule has 0 amide bonds. The first-order valence-electron chi connectivity index (χ1n) is 6.25. The van der Waals surface area contributed by atoms with Crippen molar-refractivity contribution in [2.75, 3.05) is 0 Å². The van der Waals surface area contributed by atoms with Crippen molar-refractivity contribution < 1.29 is 0 Å². The van der Waals surface area contributed by atoms with Crippen LogP contribution in [0, 0.1) is 6.58 Å². The van der Waals surface area contributed by atoms with Gasteiger partial charge in [0.05, 0.1) is 0 Å². The van der Waals surface area contributed by atoms with E-state index in [1.165, 1.54) is 32.1 Å². The molecule has 0 heteroatoms. The van der Waals surface area contributed by atoms with Crippen molar-refractivity contribution in [3.05, 3.63) is 37.0 Å². The Bertz CT molecular complexity index is 174. The summed E-state index contributed by atoms with van der Waals surface area (Å²) >= 11 is 0. The standard InChI is InChI=1S/C15H25/c1-3-5-7-9-11-13-15-14-12-10-8-6-4-2/h1,3,9,11,14-15H,4-8,10,12-13H2,2H3. The van der Waals surface area contributed by atoms with Crippen molar-refractivity contribution in [2.24, 2.45) is 0 Å². The van der Waals surface area contributed by atoms with Crippen molar-refractivity contribution in [3.63, 3.8) is 0 Å². The third-order valence-electron chi connectivity index (χ3n) is 2.33. The fraction of sp³-hybridized carbons (Fsp3) is 0.600. The molecule has 0 aliphatic carbocycles. The molecule has 0 fully saturated rings. The molecule has 0 rings (SSSR count). The lowest BCUT2D eigenvalue weighted by molar-refractivity contribution is 0.674. The molecule has 0 spiro atoms. The topological polar surface area (TPSA) is 0 Å². The molecule has 0 saturated heterocycles. The molecule has 15 heavy (non-hydrogen) atoms. The first-order valence-corrected chi connectivity index (χ1v) is 6.25.